The first kappa shape index (κ1) is 18.6. The van der Waals surface area contributed by atoms with Crippen LogP contribution in [0.1, 0.15) is 21.5 Å². The van der Waals surface area contributed by atoms with Crippen molar-refractivity contribution >= 4 is 17.1 Å². The molecule has 0 atom stereocenters. The van der Waals surface area contributed by atoms with Crippen molar-refractivity contribution in [2.45, 2.75) is 13.5 Å². The summed E-state index contributed by atoms with van der Waals surface area (Å²) in [5.74, 6) is -0.166. The molecule has 6 heteroatoms. The SMILES string of the molecule is Cc1ccc(CNC(=O)c2ccc(-c3nc4cccnc4n(C)c3=O)cc2)cc1. The summed E-state index contributed by atoms with van der Waals surface area (Å²) in [5.41, 5.74) is 4.69. The van der Waals surface area contributed by atoms with Gasteiger partial charge in [-0.1, -0.05) is 42.0 Å². The lowest BCUT2D eigenvalue weighted by Crippen LogP contribution is -2.23. The summed E-state index contributed by atoms with van der Waals surface area (Å²) in [6.45, 7) is 2.48. The molecule has 2 aromatic carbocycles. The molecule has 0 fully saturated rings. The Balaban J connectivity index is 1.55. The van der Waals surface area contributed by atoms with Crippen LogP contribution in [0.3, 0.4) is 0 Å². The molecule has 0 bridgehead atoms. The van der Waals surface area contributed by atoms with Crippen LogP contribution in [0.4, 0.5) is 0 Å². The van der Waals surface area contributed by atoms with Gasteiger partial charge in [-0.3, -0.25) is 14.2 Å². The van der Waals surface area contributed by atoms with Crippen LogP contribution in [0.5, 0.6) is 0 Å². The monoisotopic (exact) mass is 384 g/mol. The maximum Gasteiger partial charge on any atom is 0.278 e. The summed E-state index contributed by atoms with van der Waals surface area (Å²) in [7, 11) is 1.68. The molecular weight excluding hydrogens is 364 g/mol. The number of aryl methyl sites for hydroxylation is 2. The van der Waals surface area contributed by atoms with E-state index >= 15 is 0 Å². The molecule has 29 heavy (non-hydrogen) atoms. The maximum absolute atomic E-state index is 12.7. The number of hydrogen-bond acceptors (Lipinski definition) is 4. The molecule has 1 amide bonds. The van der Waals surface area contributed by atoms with Gasteiger partial charge in [0, 0.05) is 30.9 Å². The Morgan fingerprint density at radius 1 is 1.03 bits per heavy atom. The summed E-state index contributed by atoms with van der Waals surface area (Å²) >= 11 is 0. The third-order valence-corrected chi connectivity index (χ3v) is 4.82. The van der Waals surface area contributed by atoms with Crippen LogP contribution >= 0.6 is 0 Å². The number of nitrogens with zero attached hydrogens (tertiary/aromatic N) is 3. The first-order valence-corrected chi connectivity index (χ1v) is 9.29. The number of carbonyl (C=O) groups is 1. The molecule has 0 unspecified atom stereocenters. The minimum atomic E-state index is -0.229. The number of nitrogens with one attached hydrogen (secondary N) is 1. The molecule has 2 aromatic heterocycles. The van der Waals surface area contributed by atoms with Crippen molar-refractivity contribution in [1.82, 2.24) is 19.9 Å². The summed E-state index contributed by atoms with van der Waals surface area (Å²) in [6.07, 6.45) is 1.63. The normalized spacial score (nSPS) is 10.8. The van der Waals surface area contributed by atoms with E-state index in [1.54, 1.807) is 43.6 Å². The second-order valence-corrected chi connectivity index (χ2v) is 6.92. The molecule has 0 aliphatic rings. The van der Waals surface area contributed by atoms with Crippen LogP contribution in [-0.2, 0) is 13.6 Å². The van der Waals surface area contributed by atoms with Crippen molar-refractivity contribution < 1.29 is 4.79 Å². The fraction of sp³-hybridized carbons (Fsp3) is 0.130. The highest BCUT2D eigenvalue weighted by Crippen LogP contribution is 2.17. The maximum atomic E-state index is 12.7. The Hall–Kier alpha value is -3.80. The van der Waals surface area contributed by atoms with E-state index in [2.05, 4.69) is 15.3 Å². The molecule has 0 saturated heterocycles. The zero-order valence-electron chi connectivity index (χ0n) is 16.2. The number of hydrogen-bond donors (Lipinski definition) is 1. The van der Waals surface area contributed by atoms with Crippen molar-refractivity contribution in [3.05, 3.63) is 93.9 Å². The standard InChI is InChI=1S/C23H20N4O2/c1-15-5-7-16(8-6-15)14-25-22(28)18-11-9-17(10-12-18)20-23(29)27(2)21-19(26-20)4-3-13-24-21/h3-13H,14H2,1-2H3,(H,25,28). The zero-order valence-corrected chi connectivity index (χ0v) is 16.2. The quantitative estimate of drug-likeness (QED) is 0.586. The van der Waals surface area contributed by atoms with Gasteiger partial charge >= 0.3 is 0 Å². The molecule has 0 aliphatic carbocycles. The first-order chi connectivity index (χ1) is 14.0. The van der Waals surface area contributed by atoms with Crippen molar-refractivity contribution in [2.75, 3.05) is 0 Å². The highest BCUT2D eigenvalue weighted by atomic mass is 16.1. The third kappa shape index (κ3) is 3.78. The average Bonchev–Trinajstić information content (AvgIpc) is 2.76. The molecule has 0 saturated carbocycles. The lowest BCUT2D eigenvalue weighted by atomic mass is 10.1. The van der Waals surface area contributed by atoms with Crippen molar-refractivity contribution in [1.29, 1.82) is 0 Å². The van der Waals surface area contributed by atoms with E-state index in [4.69, 9.17) is 0 Å². The number of benzene rings is 2. The molecule has 2 heterocycles. The summed E-state index contributed by atoms with van der Waals surface area (Å²) < 4.78 is 1.49. The van der Waals surface area contributed by atoms with E-state index in [-0.39, 0.29) is 11.5 Å². The van der Waals surface area contributed by atoms with Gasteiger partial charge in [0.05, 0.1) is 0 Å². The number of amides is 1. The summed E-state index contributed by atoms with van der Waals surface area (Å²) in [5, 5.41) is 2.91. The summed E-state index contributed by atoms with van der Waals surface area (Å²) in [6, 6.07) is 18.5. The molecule has 144 valence electrons. The number of carbonyl (C=O) groups excluding carboxylic acids is 1. The molecular formula is C23H20N4O2. The molecule has 1 N–H and O–H groups in total. The van der Waals surface area contributed by atoms with Crippen LogP contribution in [0.25, 0.3) is 22.4 Å². The van der Waals surface area contributed by atoms with Crippen LogP contribution in [-0.4, -0.2) is 20.4 Å². The zero-order chi connectivity index (χ0) is 20.4. The summed E-state index contributed by atoms with van der Waals surface area (Å²) in [4.78, 5) is 33.8. The van der Waals surface area contributed by atoms with Gasteiger partial charge in [-0.15, -0.1) is 0 Å². The van der Waals surface area contributed by atoms with Gasteiger partial charge in [0.1, 0.15) is 11.2 Å². The van der Waals surface area contributed by atoms with Gasteiger partial charge in [0.25, 0.3) is 11.5 Å². The Bertz CT molecular complexity index is 1240. The first-order valence-electron chi connectivity index (χ1n) is 9.29. The Labute approximate surface area is 167 Å². The van der Waals surface area contributed by atoms with Gasteiger partial charge in [-0.2, -0.15) is 0 Å². The van der Waals surface area contributed by atoms with Crippen LogP contribution < -0.4 is 10.9 Å². The van der Waals surface area contributed by atoms with Crippen LogP contribution in [0.15, 0.2) is 71.7 Å². The van der Waals surface area contributed by atoms with E-state index in [0.717, 1.165) is 5.56 Å². The van der Waals surface area contributed by atoms with E-state index < -0.39 is 0 Å². The lowest BCUT2D eigenvalue weighted by Gasteiger charge is -2.08. The van der Waals surface area contributed by atoms with Gasteiger partial charge in [0.15, 0.2) is 5.65 Å². The topological polar surface area (TPSA) is 76.9 Å². The largest absolute Gasteiger partial charge is 0.348 e. The predicted octanol–water partition coefficient (Wildman–Crippen LogP) is 3.23. The van der Waals surface area contributed by atoms with E-state index in [9.17, 15) is 9.59 Å². The van der Waals surface area contributed by atoms with Crippen molar-refractivity contribution in [2.24, 2.45) is 7.05 Å². The second kappa shape index (κ2) is 7.67. The highest BCUT2D eigenvalue weighted by molar-refractivity contribution is 5.94. The van der Waals surface area contributed by atoms with Gasteiger partial charge in [-0.05, 0) is 36.8 Å². The fourth-order valence-electron chi connectivity index (χ4n) is 3.12. The minimum Gasteiger partial charge on any atom is -0.348 e. The Morgan fingerprint density at radius 2 is 1.76 bits per heavy atom. The molecule has 4 aromatic rings. The van der Waals surface area contributed by atoms with Crippen molar-refractivity contribution in [3.8, 4) is 11.3 Å². The average molecular weight is 384 g/mol. The van der Waals surface area contributed by atoms with E-state index in [0.29, 0.717) is 34.5 Å². The van der Waals surface area contributed by atoms with E-state index in [1.165, 1.54) is 10.1 Å². The minimum absolute atomic E-state index is 0.166. The smallest absolute Gasteiger partial charge is 0.278 e. The van der Waals surface area contributed by atoms with Gasteiger partial charge in [-0.25, -0.2) is 9.97 Å². The molecule has 0 radical (unpaired) electrons. The van der Waals surface area contributed by atoms with Crippen LogP contribution in [0, 0.1) is 6.92 Å². The predicted molar refractivity (Wildman–Crippen MR) is 113 cm³/mol. The van der Waals surface area contributed by atoms with Crippen molar-refractivity contribution in [3.63, 3.8) is 0 Å². The van der Waals surface area contributed by atoms with Crippen LogP contribution in [0.2, 0.25) is 0 Å². The highest BCUT2D eigenvalue weighted by Gasteiger charge is 2.12. The Morgan fingerprint density at radius 3 is 2.48 bits per heavy atom. The van der Waals surface area contributed by atoms with Gasteiger partial charge < -0.3 is 5.32 Å². The molecule has 6 nitrogen and oxygen atoms in total. The molecule has 4 rings (SSSR count). The fourth-order valence-corrected chi connectivity index (χ4v) is 3.12. The number of aromatic nitrogens is 3. The molecule has 0 aliphatic heterocycles. The van der Waals surface area contributed by atoms with E-state index in [1.807, 2.05) is 37.3 Å². The second-order valence-electron chi connectivity index (χ2n) is 6.92. The number of fused-ring (bicyclic) bond motifs is 1. The van der Waals surface area contributed by atoms with Gasteiger partial charge in [0.2, 0.25) is 0 Å². The third-order valence-electron chi connectivity index (χ3n) is 4.82. The number of rotatable bonds is 4. The molecule has 0 spiro atoms. The number of pyridine rings is 1. The Kier molecular flexibility index (Phi) is 4.91. The lowest BCUT2D eigenvalue weighted by molar-refractivity contribution is 0.0951.